The molecule has 11 heteroatoms. The molecule has 0 N–H and O–H groups in total. The second-order valence-corrected chi connectivity index (χ2v) is 8.28. The molecule has 1 saturated heterocycles. The molecule has 0 saturated carbocycles. The fourth-order valence-electron chi connectivity index (χ4n) is 3.80. The van der Waals surface area contributed by atoms with Crippen molar-refractivity contribution in [1.29, 1.82) is 0 Å². The van der Waals surface area contributed by atoms with Gasteiger partial charge in [-0.1, -0.05) is 17.3 Å². The highest BCUT2D eigenvalue weighted by atomic mass is 32.1. The second-order valence-electron chi connectivity index (χ2n) is 7.30. The summed E-state index contributed by atoms with van der Waals surface area (Å²) in [4.78, 5) is 30.8. The van der Waals surface area contributed by atoms with Gasteiger partial charge in [-0.05, 0) is 24.3 Å². The Labute approximate surface area is 199 Å². The van der Waals surface area contributed by atoms with E-state index < -0.39 is 10.8 Å². The molecule has 1 fully saturated rings. The zero-order valence-corrected chi connectivity index (χ0v) is 19.5. The minimum Gasteiger partial charge on any atom is -0.495 e. The van der Waals surface area contributed by atoms with Crippen molar-refractivity contribution in [2.75, 3.05) is 45.4 Å². The molecule has 4 rings (SSSR count). The van der Waals surface area contributed by atoms with Crippen LogP contribution >= 0.6 is 11.3 Å². The van der Waals surface area contributed by atoms with Crippen molar-refractivity contribution in [1.82, 2.24) is 4.57 Å². The number of ether oxygens (including phenoxy) is 3. The van der Waals surface area contributed by atoms with Gasteiger partial charge in [0.2, 0.25) is 0 Å². The average molecular weight is 483 g/mol. The average Bonchev–Trinajstić information content (AvgIpc) is 3.21. The standard InChI is InChI=1S/C23H22N4O6S/c1-4-9-26-20-18(31-2)7-8-19(32-3)21(20)34-23(26)24-22(28)15-5-6-16(17(14-15)27(29)30)25-10-12-33-13-11-25/h1,5-8,14H,9-13H2,2-3H3. The number of aromatic nitrogens is 1. The maximum atomic E-state index is 13.1. The number of nitro benzene ring substituents is 1. The van der Waals surface area contributed by atoms with E-state index in [9.17, 15) is 14.9 Å². The molecule has 0 radical (unpaired) electrons. The summed E-state index contributed by atoms with van der Waals surface area (Å²) in [5.41, 5.74) is 1.06. The lowest BCUT2D eigenvalue weighted by molar-refractivity contribution is -0.384. The number of hydrogen-bond acceptors (Lipinski definition) is 8. The molecule has 0 bridgehead atoms. The predicted octanol–water partition coefficient (Wildman–Crippen LogP) is 2.84. The third-order valence-electron chi connectivity index (χ3n) is 5.41. The molecule has 34 heavy (non-hydrogen) atoms. The zero-order valence-electron chi connectivity index (χ0n) is 18.6. The predicted molar refractivity (Wildman–Crippen MR) is 128 cm³/mol. The normalized spacial score (nSPS) is 14.1. The van der Waals surface area contributed by atoms with Gasteiger partial charge < -0.3 is 23.7 Å². The Balaban J connectivity index is 1.82. The number of benzene rings is 2. The molecule has 0 spiro atoms. The first kappa shape index (κ1) is 23.3. The van der Waals surface area contributed by atoms with Crippen LogP contribution in [0.5, 0.6) is 11.5 Å². The van der Waals surface area contributed by atoms with Crippen LogP contribution in [0.3, 0.4) is 0 Å². The molecule has 1 aromatic heterocycles. The van der Waals surface area contributed by atoms with Crippen LogP contribution in [0.15, 0.2) is 35.3 Å². The summed E-state index contributed by atoms with van der Waals surface area (Å²) in [7, 11) is 3.08. The fraction of sp³-hybridized carbons (Fsp3) is 0.304. The molecule has 0 aliphatic carbocycles. The molecular formula is C23H22N4O6S. The molecule has 0 unspecified atom stereocenters. The zero-order chi connectivity index (χ0) is 24.2. The number of carbonyl (C=O) groups excluding carboxylic acids is 1. The van der Waals surface area contributed by atoms with Gasteiger partial charge in [0.1, 0.15) is 27.4 Å². The van der Waals surface area contributed by atoms with E-state index in [-0.39, 0.29) is 17.8 Å². The number of methoxy groups -OCH3 is 2. The quantitative estimate of drug-likeness (QED) is 0.302. The maximum absolute atomic E-state index is 13.1. The van der Waals surface area contributed by atoms with Gasteiger partial charge in [0.05, 0.1) is 38.9 Å². The first-order valence-corrected chi connectivity index (χ1v) is 11.2. The minimum absolute atomic E-state index is 0.104. The summed E-state index contributed by atoms with van der Waals surface area (Å²) in [5, 5.41) is 11.7. The highest BCUT2D eigenvalue weighted by Gasteiger charge is 2.24. The van der Waals surface area contributed by atoms with Crippen molar-refractivity contribution in [3.63, 3.8) is 0 Å². The smallest absolute Gasteiger partial charge is 0.293 e. The van der Waals surface area contributed by atoms with Gasteiger partial charge in [0.25, 0.3) is 11.6 Å². The highest BCUT2D eigenvalue weighted by Crippen LogP contribution is 2.35. The van der Waals surface area contributed by atoms with Gasteiger partial charge in [-0.2, -0.15) is 4.99 Å². The molecule has 3 aromatic rings. The topological polar surface area (TPSA) is 108 Å². The van der Waals surface area contributed by atoms with E-state index in [4.69, 9.17) is 20.6 Å². The molecule has 1 amide bonds. The van der Waals surface area contributed by atoms with Crippen molar-refractivity contribution in [2.24, 2.45) is 4.99 Å². The molecule has 0 atom stereocenters. The molecular weight excluding hydrogens is 460 g/mol. The van der Waals surface area contributed by atoms with Crippen LogP contribution < -0.4 is 19.2 Å². The van der Waals surface area contributed by atoms with Gasteiger partial charge in [0, 0.05) is 24.7 Å². The number of anilines is 1. The maximum Gasteiger partial charge on any atom is 0.293 e. The summed E-state index contributed by atoms with van der Waals surface area (Å²) in [6.07, 6.45) is 5.57. The van der Waals surface area contributed by atoms with Crippen LogP contribution in [0.2, 0.25) is 0 Å². The van der Waals surface area contributed by atoms with Gasteiger partial charge in [-0.15, -0.1) is 6.42 Å². The van der Waals surface area contributed by atoms with Gasteiger partial charge in [-0.25, -0.2) is 0 Å². The summed E-state index contributed by atoms with van der Waals surface area (Å²) in [5.74, 6) is 3.10. The number of amides is 1. The lowest BCUT2D eigenvalue weighted by Crippen LogP contribution is -2.36. The lowest BCUT2D eigenvalue weighted by atomic mass is 10.1. The van der Waals surface area contributed by atoms with E-state index in [1.807, 2.05) is 4.90 Å². The van der Waals surface area contributed by atoms with Gasteiger partial charge in [-0.3, -0.25) is 14.9 Å². The van der Waals surface area contributed by atoms with Crippen LogP contribution in [-0.2, 0) is 11.3 Å². The molecule has 1 aliphatic heterocycles. The number of nitro groups is 1. The molecule has 2 heterocycles. The summed E-state index contributed by atoms with van der Waals surface area (Å²) >= 11 is 1.22. The number of carbonyl (C=O) groups is 1. The molecule has 176 valence electrons. The Hall–Kier alpha value is -3.88. The van der Waals surface area contributed by atoms with E-state index in [1.165, 1.54) is 24.5 Å². The van der Waals surface area contributed by atoms with Gasteiger partial charge >= 0.3 is 0 Å². The number of thiazole rings is 1. The van der Waals surface area contributed by atoms with Crippen LogP contribution in [0, 0.1) is 22.5 Å². The Bertz CT molecular complexity index is 1360. The lowest BCUT2D eigenvalue weighted by Gasteiger charge is -2.28. The fourth-order valence-corrected chi connectivity index (χ4v) is 4.94. The minimum atomic E-state index is -0.619. The number of terminal acetylenes is 1. The van der Waals surface area contributed by atoms with E-state index in [1.54, 1.807) is 35.9 Å². The third-order valence-corrected chi connectivity index (χ3v) is 6.50. The number of hydrogen-bond donors (Lipinski definition) is 0. The largest absolute Gasteiger partial charge is 0.495 e. The van der Waals surface area contributed by atoms with Crippen LogP contribution in [0.4, 0.5) is 11.4 Å². The first-order valence-electron chi connectivity index (χ1n) is 10.4. The van der Waals surface area contributed by atoms with E-state index in [0.717, 1.165) is 4.70 Å². The number of rotatable bonds is 6. The summed E-state index contributed by atoms with van der Waals surface area (Å²) in [6, 6.07) is 7.90. The Morgan fingerprint density at radius 1 is 1.24 bits per heavy atom. The van der Waals surface area contributed by atoms with Gasteiger partial charge in [0.15, 0.2) is 4.80 Å². The first-order chi connectivity index (χ1) is 16.5. The molecule has 10 nitrogen and oxygen atoms in total. The highest BCUT2D eigenvalue weighted by molar-refractivity contribution is 7.16. The number of nitrogens with zero attached hydrogens (tertiary/aromatic N) is 4. The van der Waals surface area contributed by atoms with Crippen molar-refractivity contribution in [3.8, 4) is 23.8 Å². The second kappa shape index (κ2) is 9.94. The Morgan fingerprint density at radius 2 is 1.94 bits per heavy atom. The number of morpholine rings is 1. The Kier molecular flexibility index (Phi) is 6.81. The van der Waals surface area contributed by atoms with E-state index in [0.29, 0.717) is 53.8 Å². The van der Waals surface area contributed by atoms with Crippen LogP contribution in [0.1, 0.15) is 10.4 Å². The monoisotopic (exact) mass is 482 g/mol. The molecule has 1 aliphatic rings. The summed E-state index contributed by atoms with van der Waals surface area (Å²) < 4.78 is 18.7. The van der Waals surface area contributed by atoms with Crippen LogP contribution in [-0.4, -0.2) is 55.9 Å². The van der Waals surface area contributed by atoms with E-state index in [2.05, 4.69) is 10.9 Å². The van der Waals surface area contributed by atoms with Crippen molar-refractivity contribution in [2.45, 2.75) is 6.54 Å². The van der Waals surface area contributed by atoms with Crippen molar-refractivity contribution >= 4 is 38.8 Å². The van der Waals surface area contributed by atoms with Crippen LogP contribution in [0.25, 0.3) is 10.2 Å². The Morgan fingerprint density at radius 3 is 2.59 bits per heavy atom. The molecule has 2 aromatic carbocycles. The third kappa shape index (κ3) is 4.33. The SMILES string of the molecule is C#CCn1c(=NC(=O)c2ccc(N3CCOCC3)c([N+](=O)[O-])c2)sc2c(OC)ccc(OC)c21. The summed E-state index contributed by atoms with van der Waals surface area (Å²) in [6.45, 7) is 2.19. The van der Waals surface area contributed by atoms with Crippen molar-refractivity contribution < 1.29 is 23.9 Å². The van der Waals surface area contributed by atoms with Crippen molar-refractivity contribution in [3.05, 3.63) is 50.8 Å². The number of fused-ring (bicyclic) bond motifs is 1. The van der Waals surface area contributed by atoms with E-state index >= 15 is 0 Å².